The van der Waals surface area contributed by atoms with Crippen LogP contribution in [0.15, 0.2) is 36.4 Å². The number of aromatic nitrogens is 2. The lowest BCUT2D eigenvalue weighted by Gasteiger charge is -2.18. The van der Waals surface area contributed by atoms with Gasteiger partial charge in [-0.3, -0.25) is 0 Å². The molecule has 21 heavy (non-hydrogen) atoms. The SMILES string of the molecule is CC(C)NCc1ccc(N(C)Cc2ccc(F)cc2)nn1. The minimum Gasteiger partial charge on any atom is -0.354 e. The molecular weight excluding hydrogens is 267 g/mol. The summed E-state index contributed by atoms with van der Waals surface area (Å²) in [7, 11) is 1.94. The monoisotopic (exact) mass is 288 g/mol. The zero-order chi connectivity index (χ0) is 15.2. The minimum absolute atomic E-state index is 0.219. The fraction of sp³-hybridized carbons (Fsp3) is 0.375. The van der Waals surface area contributed by atoms with Crippen molar-refractivity contribution in [1.82, 2.24) is 15.5 Å². The van der Waals surface area contributed by atoms with Crippen molar-refractivity contribution in [2.75, 3.05) is 11.9 Å². The van der Waals surface area contributed by atoms with Crippen LogP contribution in [-0.2, 0) is 13.1 Å². The second kappa shape index (κ2) is 7.13. The molecule has 0 fully saturated rings. The van der Waals surface area contributed by atoms with Crippen molar-refractivity contribution in [3.8, 4) is 0 Å². The van der Waals surface area contributed by atoms with E-state index in [1.54, 1.807) is 12.1 Å². The van der Waals surface area contributed by atoms with Crippen LogP contribution in [0.25, 0.3) is 0 Å². The van der Waals surface area contributed by atoms with E-state index in [2.05, 4.69) is 29.4 Å². The summed E-state index contributed by atoms with van der Waals surface area (Å²) in [5.74, 6) is 0.579. The third kappa shape index (κ3) is 4.79. The summed E-state index contributed by atoms with van der Waals surface area (Å²) in [4.78, 5) is 1.99. The number of nitrogens with zero attached hydrogens (tertiary/aromatic N) is 3. The topological polar surface area (TPSA) is 41.0 Å². The molecule has 0 spiro atoms. The summed E-state index contributed by atoms with van der Waals surface area (Å²) in [5.41, 5.74) is 1.95. The minimum atomic E-state index is -0.219. The molecule has 0 bridgehead atoms. The first-order chi connectivity index (χ1) is 10.0. The van der Waals surface area contributed by atoms with Crippen molar-refractivity contribution in [3.05, 3.63) is 53.5 Å². The molecule has 0 radical (unpaired) electrons. The van der Waals surface area contributed by atoms with Crippen molar-refractivity contribution < 1.29 is 4.39 Å². The first-order valence-corrected chi connectivity index (χ1v) is 7.06. The molecule has 0 unspecified atom stereocenters. The average molecular weight is 288 g/mol. The molecule has 0 atom stereocenters. The van der Waals surface area contributed by atoms with E-state index < -0.39 is 0 Å². The molecule has 2 aromatic rings. The summed E-state index contributed by atoms with van der Waals surface area (Å²) < 4.78 is 12.9. The van der Waals surface area contributed by atoms with Crippen LogP contribution in [0.3, 0.4) is 0 Å². The van der Waals surface area contributed by atoms with Gasteiger partial charge in [0, 0.05) is 26.2 Å². The standard InChI is InChI=1S/C16H21FN4/c1-12(2)18-10-15-8-9-16(20-19-15)21(3)11-13-4-6-14(17)7-5-13/h4-9,12,18H,10-11H2,1-3H3. The highest BCUT2D eigenvalue weighted by atomic mass is 19.1. The Bertz CT molecular complexity index is 551. The Kier molecular flexibility index (Phi) is 5.22. The van der Waals surface area contributed by atoms with Crippen LogP contribution in [0, 0.1) is 5.82 Å². The predicted molar refractivity (Wildman–Crippen MR) is 82.5 cm³/mol. The summed E-state index contributed by atoms with van der Waals surface area (Å²) in [6.45, 7) is 5.57. The molecule has 4 nitrogen and oxygen atoms in total. The van der Waals surface area contributed by atoms with E-state index in [0.717, 1.165) is 17.1 Å². The number of halogens is 1. The van der Waals surface area contributed by atoms with Crippen LogP contribution < -0.4 is 10.2 Å². The lowest BCUT2D eigenvalue weighted by Crippen LogP contribution is -2.23. The lowest BCUT2D eigenvalue weighted by atomic mass is 10.2. The molecule has 1 N–H and O–H groups in total. The van der Waals surface area contributed by atoms with E-state index in [0.29, 0.717) is 19.1 Å². The molecule has 0 saturated heterocycles. The Hall–Kier alpha value is -2.01. The van der Waals surface area contributed by atoms with Crippen molar-refractivity contribution in [3.63, 3.8) is 0 Å². The first-order valence-electron chi connectivity index (χ1n) is 7.06. The van der Waals surface area contributed by atoms with Gasteiger partial charge in [0.25, 0.3) is 0 Å². The van der Waals surface area contributed by atoms with Crippen molar-refractivity contribution >= 4 is 5.82 Å². The quantitative estimate of drug-likeness (QED) is 0.887. The molecule has 1 heterocycles. The number of hydrogen-bond acceptors (Lipinski definition) is 4. The van der Waals surface area contributed by atoms with Crippen molar-refractivity contribution in [2.45, 2.75) is 33.0 Å². The van der Waals surface area contributed by atoms with E-state index in [9.17, 15) is 4.39 Å². The summed E-state index contributed by atoms with van der Waals surface area (Å²) in [6.07, 6.45) is 0. The molecule has 1 aromatic carbocycles. The molecule has 1 aromatic heterocycles. The highest BCUT2D eigenvalue weighted by Gasteiger charge is 2.05. The summed E-state index contributed by atoms with van der Waals surface area (Å²) in [5, 5.41) is 11.7. The number of anilines is 1. The number of nitrogens with one attached hydrogen (secondary N) is 1. The second-order valence-electron chi connectivity index (χ2n) is 5.40. The molecule has 0 aliphatic carbocycles. The van der Waals surface area contributed by atoms with Gasteiger partial charge in [-0.1, -0.05) is 26.0 Å². The highest BCUT2D eigenvalue weighted by molar-refractivity contribution is 5.37. The van der Waals surface area contributed by atoms with Crippen LogP contribution in [0.4, 0.5) is 10.2 Å². The summed E-state index contributed by atoms with van der Waals surface area (Å²) in [6, 6.07) is 10.8. The van der Waals surface area contributed by atoms with E-state index in [-0.39, 0.29) is 5.82 Å². The third-order valence-electron chi connectivity index (χ3n) is 3.12. The second-order valence-corrected chi connectivity index (χ2v) is 5.40. The largest absolute Gasteiger partial charge is 0.354 e. The van der Waals surface area contributed by atoms with E-state index in [4.69, 9.17) is 0 Å². The fourth-order valence-corrected chi connectivity index (χ4v) is 1.90. The molecule has 5 heteroatoms. The molecule has 0 aliphatic heterocycles. The molecule has 2 rings (SSSR count). The number of rotatable bonds is 6. The van der Waals surface area contributed by atoms with Crippen LogP contribution in [0.2, 0.25) is 0 Å². The van der Waals surface area contributed by atoms with Crippen LogP contribution in [-0.4, -0.2) is 23.3 Å². The van der Waals surface area contributed by atoms with E-state index >= 15 is 0 Å². The molecule has 0 amide bonds. The number of hydrogen-bond donors (Lipinski definition) is 1. The van der Waals surface area contributed by atoms with Gasteiger partial charge in [-0.25, -0.2) is 4.39 Å². The predicted octanol–water partition coefficient (Wildman–Crippen LogP) is 2.75. The van der Waals surface area contributed by atoms with Gasteiger partial charge in [-0.2, -0.15) is 5.10 Å². The van der Waals surface area contributed by atoms with Gasteiger partial charge in [0.15, 0.2) is 5.82 Å². The van der Waals surface area contributed by atoms with Gasteiger partial charge >= 0.3 is 0 Å². The van der Waals surface area contributed by atoms with E-state index in [1.807, 2.05) is 24.1 Å². The van der Waals surface area contributed by atoms with Crippen molar-refractivity contribution in [1.29, 1.82) is 0 Å². The maximum absolute atomic E-state index is 12.9. The molecule has 0 saturated carbocycles. The Morgan fingerprint density at radius 1 is 1.10 bits per heavy atom. The molecular formula is C16H21FN4. The molecule has 112 valence electrons. The van der Waals surface area contributed by atoms with Crippen LogP contribution in [0.1, 0.15) is 25.1 Å². The van der Waals surface area contributed by atoms with E-state index in [1.165, 1.54) is 12.1 Å². The van der Waals surface area contributed by atoms with Crippen LogP contribution in [0.5, 0.6) is 0 Å². The smallest absolute Gasteiger partial charge is 0.151 e. The first kappa shape index (κ1) is 15.4. The maximum Gasteiger partial charge on any atom is 0.151 e. The Labute approximate surface area is 125 Å². The number of benzene rings is 1. The average Bonchev–Trinajstić information content (AvgIpc) is 2.48. The van der Waals surface area contributed by atoms with Crippen molar-refractivity contribution in [2.24, 2.45) is 0 Å². The van der Waals surface area contributed by atoms with Gasteiger partial charge in [-0.15, -0.1) is 5.10 Å². The lowest BCUT2D eigenvalue weighted by molar-refractivity contribution is 0.577. The molecule has 0 aliphatic rings. The fourth-order valence-electron chi connectivity index (χ4n) is 1.90. The van der Waals surface area contributed by atoms with Crippen LogP contribution >= 0.6 is 0 Å². The Morgan fingerprint density at radius 2 is 1.81 bits per heavy atom. The van der Waals surface area contributed by atoms with Gasteiger partial charge in [0.2, 0.25) is 0 Å². The third-order valence-corrected chi connectivity index (χ3v) is 3.12. The zero-order valence-electron chi connectivity index (χ0n) is 12.7. The Morgan fingerprint density at radius 3 is 2.38 bits per heavy atom. The van der Waals surface area contributed by atoms with Gasteiger partial charge in [0.05, 0.1) is 5.69 Å². The van der Waals surface area contributed by atoms with Gasteiger partial charge in [-0.05, 0) is 29.8 Å². The highest BCUT2D eigenvalue weighted by Crippen LogP contribution is 2.12. The maximum atomic E-state index is 12.9. The Balaban J connectivity index is 1.96. The van der Waals surface area contributed by atoms with Gasteiger partial charge in [0.1, 0.15) is 5.82 Å². The van der Waals surface area contributed by atoms with Gasteiger partial charge < -0.3 is 10.2 Å². The normalized spacial score (nSPS) is 10.9. The zero-order valence-corrected chi connectivity index (χ0v) is 12.7. The summed E-state index contributed by atoms with van der Waals surface area (Å²) >= 11 is 0.